The van der Waals surface area contributed by atoms with Gasteiger partial charge in [0.25, 0.3) is 21.5 Å². The van der Waals surface area contributed by atoms with Crippen LogP contribution < -0.4 is 9.88 Å². The second kappa shape index (κ2) is 4.78. The van der Waals surface area contributed by atoms with Crippen molar-refractivity contribution in [2.45, 2.75) is 11.5 Å². The molecule has 8 nitrogen and oxygen atoms in total. The van der Waals surface area contributed by atoms with E-state index >= 15 is 0 Å². The van der Waals surface area contributed by atoms with E-state index in [0.29, 0.717) is 6.07 Å². The first-order chi connectivity index (χ1) is 8.18. The van der Waals surface area contributed by atoms with Crippen molar-refractivity contribution >= 4 is 15.7 Å². The number of primary sulfonamides is 1. The van der Waals surface area contributed by atoms with Gasteiger partial charge in [-0.05, 0) is 0 Å². The van der Waals surface area contributed by atoms with Gasteiger partial charge in [0.05, 0.1) is 12.0 Å². The van der Waals surface area contributed by atoms with Gasteiger partial charge in [-0.3, -0.25) is 10.1 Å². The smallest absolute Gasteiger partial charge is 0.317 e. The van der Waals surface area contributed by atoms with Crippen molar-refractivity contribution < 1.29 is 26.9 Å². The van der Waals surface area contributed by atoms with Crippen LogP contribution in [0.5, 0.6) is 5.88 Å². The number of hydrogen-bond acceptors (Lipinski definition) is 6. The molecule has 0 unspecified atom stereocenters. The van der Waals surface area contributed by atoms with Crippen molar-refractivity contribution in [3.8, 4) is 5.88 Å². The first kappa shape index (κ1) is 14.2. The molecule has 1 heterocycles. The lowest BCUT2D eigenvalue weighted by molar-refractivity contribution is -0.389. The van der Waals surface area contributed by atoms with E-state index in [1.807, 2.05) is 0 Å². The summed E-state index contributed by atoms with van der Waals surface area (Å²) >= 11 is 0. The van der Waals surface area contributed by atoms with Gasteiger partial charge in [-0.25, -0.2) is 22.3 Å². The molecule has 100 valence electrons. The van der Waals surface area contributed by atoms with Gasteiger partial charge in [0.1, 0.15) is 5.56 Å². The Morgan fingerprint density at radius 1 is 1.56 bits per heavy atom. The number of ether oxygens (including phenoxy) is 1. The maximum Gasteiger partial charge on any atom is 0.317 e. The quantitative estimate of drug-likeness (QED) is 0.636. The molecule has 18 heavy (non-hydrogen) atoms. The number of pyridine rings is 1. The normalized spacial score (nSPS) is 11.6. The minimum absolute atomic E-state index is 0.514. The average Bonchev–Trinajstić information content (AvgIpc) is 2.25. The van der Waals surface area contributed by atoms with Crippen LogP contribution in [-0.2, 0) is 10.0 Å². The number of hydrogen-bond donors (Lipinski definition) is 1. The van der Waals surface area contributed by atoms with Crippen LogP contribution in [0.3, 0.4) is 0 Å². The summed E-state index contributed by atoms with van der Waals surface area (Å²) in [6.45, 7) is 0. The molecule has 0 aliphatic heterocycles. The van der Waals surface area contributed by atoms with Crippen LogP contribution in [0, 0.1) is 10.1 Å². The number of nitro groups is 1. The molecule has 11 heteroatoms. The van der Waals surface area contributed by atoms with Crippen molar-refractivity contribution in [3.05, 3.63) is 21.7 Å². The SMILES string of the molecule is COc1cc(C(F)F)c([N+](=O)[O-])c(S(N)(=O)=O)n1. The molecule has 2 N–H and O–H groups in total. The van der Waals surface area contributed by atoms with Gasteiger partial charge in [-0.15, -0.1) is 0 Å². The summed E-state index contributed by atoms with van der Waals surface area (Å²) in [5.74, 6) is -0.514. The summed E-state index contributed by atoms with van der Waals surface area (Å²) in [6.07, 6.45) is -3.28. The second-order valence-corrected chi connectivity index (χ2v) is 4.49. The Bertz CT molecular complexity index is 589. The zero-order valence-corrected chi connectivity index (χ0v) is 9.65. The lowest BCUT2D eigenvalue weighted by atomic mass is 10.2. The monoisotopic (exact) mass is 283 g/mol. The van der Waals surface area contributed by atoms with Crippen molar-refractivity contribution in [3.63, 3.8) is 0 Å². The fourth-order valence-corrected chi connectivity index (χ4v) is 1.84. The molecule has 0 atom stereocenters. The average molecular weight is 283 g/mol. The lowest BCUT2D eigenvalue weighted by Crippen LogP contribution is -2.17. The highest BCUT2D eigenvalue weighted by Crippen LogP contribution is 2.35. The molecule has 0 bridgehead atoms. The van der Waals surface area contributed by atoms with Crippen LogP contribution in [0.15, 0.2) is 11.1 Å². The zero-order chi connectivity index (χ0) is 14.1. The van der Waals surface area contributed by atoms with Gasteiger partial charge in [0, 0.05) is 6.07 Å². The topological polar surface area (TPSA) is 125 Å². The van der Waals surface area contributed by atoms with Crippen LogP contribution in [0.25, 0.3) is 0 Å². The summed E-state index contributed by atoms with van der Waals surface area (Å²) < 4.78 is 52.0. The highest BCUT2D eigenvalue weighted by molar-refractivity contribution is 7.89. The molecular formula is C7H7F2N3O5S. The summed E-state index contributed by atoms with van der Waals surface area (Å²) in [5.41, 5.74) is -2.48. The summed E-state index contributed by atoms with van der Waals surface area (Å²) in [5, 5.41) is 14.1. The van der Waals surface area contributed by atoms with E-state index in [2.05, 4.69) is 9.72 Å². The molecule has 1 rings (SSSR count). The molecule has 0 spiro atoms. The number of nitrogens with zero attached hydrogens (tertiary/aromatic N) is 2. The minimum Gasteiger partial charge on any atom is -0.481 e. The Morgan fingerprint density at radius 3 is 2.44 bits per heavy atom. The number of nitrogens with two attached hydrogens (primary N) is 1. The summed E-state index contributed by atoms with van der Waals surface area (Å²) in [7, 11) is -3.60. The molecule has 0 radical (unpaired) electrons. The van der Waals surface area contributed by atoms with Gasteiger partial charge >= 0.3 is 5.69 Å². The molecule has 0 fully saturated rings. The first-order valence-corrected chi connectivity index (χ1v) is 5.77. The van der Waals surface area contributed by atoms with Crippen molar-refractivity contribution in [2.75, 3.05) is 7.11 Å². The van der Waals surface area contributed by atoms with Crippen molar-refractivity contribution in [1.29, 1.82) is 0 Å². The van der Waals surface area contributed by atoms with Crippen LogP contribution in [-0.4, -0.2) is 25.4 Å². The third-order valence-corrected chi connectivity index (χ3v) is 2.69. The summed E-state index contributed by atoms with van der Waals surface area (Å²) in [4.78, 5) is 12.6. The van der Waals surface area contributed by atoms with E-state index in [-0.39, 0.29) is 0 Å². The van der Waals surface area contributed by atoms with E-state index in [0.717, 1.165) is 7.11 Å². The van der Waals surface area contributed by atoms with Gasteiger partial charge in [0.2, 0.25) is 5.88 Å². The van der Waals surface area contributed by atoms with Crippen LogP contribution in [0.4, 0.5) is 14.5 Å². The standard InChI is InChI=1S/C7H7F2N3O5S/c1-17-4-2-3(6(8)9)5(12(13)14)7(11-4)18(10,15)16/h2,6H,1H3,(H2,10,15,16). The fraction of sp³-hybridized carbons (Fsp3) is 0.286. The Kier molecular flexibility index (Phi) is 3.76. The maximum absolute atomic E-state index is 12.6. The van der Waals surface area contributed by atoms with E-state index in [4.69, 9.17) is 5.14 Å². The highest BCUT2D eigenvalue weighted by Gasteiger charge is 2.33. The third kappa shape index (κ3) is 2.68. The molecule has 0 saturated heterocycles. The predicted molar refractivity (Wildman–Crippen MR) is 53.8 cm³/mol. The number of rotatable bonds is 4. The van der Waals surface area contributed by atoms with E-state index < -0.39 is 43.5 Å². The Hall–Kier alpha value is -1.88. The predicted octanol–water partition coefficient (Wildman–Crippen LogP) is 0.583. The lowest BCUT2D eigenvalue weighted by Gasteiger charge is -2.07. The highest BCUT2D eigenvalue weighted by atomic mass is 32.2. The molecule has 0 amide bonds. The van der Waals surface area contributed by atoms with Gasteiger partial charge in [-0.2, -0.15) is 4.98 Å². The van der Waals surface area contributed by atoms with E-state index in [1.54, 1.807) is 0 Å². The number of alkyl halides is 2. The molecule has 1 aromatic heterocycles. The van der Waals surface area contributed by atoms with E-state index in [9.17, 15) is 27.3 Å². The molecule has 0 aliphatic rings. The molecule has 0 aliphatic carbocycles. The first-order valence-electron chi connectivity index (χ1n) is 4.22. The second-order valence-electron chi connectivity index (χ2n) is 3.01. The molecule has 0 saturated carbocycles. The Labute approximate surface area is 99.6 Å². The minimum atomic E-state index is -4.63. The van der Waals surface area contributed by atoms with Gasteiger partial charge in [-0.1, -0.05) is 0 Å². The molecular weight excluding hydrogens is 276 g/mol. The van der Waals surface area contributed by atoms with Crippen LogP contribution >= 0.6 is 0 Å². The fourth-order valence-electron chi connectivity index (χ4n) is 1.16. The number of halogens is 2. The van der Waals surface area contributed by atoms with Gasteiger partial charge < -0.3 is 4.74 Å². The largest absolute Gasteiger partial charge is 0.481 e. The number of methoxy groups -OCH3 is 1. The molecule has 1 aromatic rings. The van der Waals surface area contributed by atoms with Crippen molar-refractivity contribution in [2.24, 2.45) is 5.14 Å². The number of aromatic nitrogens is 1. The Morgan fingerprint density at radius 2 is 2.11 bits per heavy atom. The van der Waals surface area contributed by atoms with Gasteiger partial charge in [0.15, 0.2) is 0 Å². The van der Waals surface area contributed by atoms with Crippen LogP contribution in [0.1, 0.15) is 12.0 Å². The third-order valence-electron chi connectivity index (χ3n) is 1.86. The zero-order valence-electron chi connectivity index (χ0n) is 8.83. The van der Waals surface area contributed by atoms with Crippen LogP contribution in [0.2, 0.25) is 0 Å². The van der Waals surface area contributed by atoms with Crippen molar-refractivity contribution in [1.82, 2.24) is 4.98 Å². The van der Waals surface area contributed by atoms with E-state index in [1.165, 1.54) is 0 Å². The number of sulfonamides is 1. The Balaban J connectivity index is 3.77. The summed E-state index contributed by atoms with van der Waals surface area (Å²) in [6, 6.07) is 0.581. The molecule has 0 aromatic carbocycles. The maximum atomic E-state index is 12.6.